The van der Waals surface area contributed by atoms with Crippen LogP contribution in [0, 0.1) is 3.57 Å². The number of carbonyl (C=O) groups is 1. The van der Waals surface area contributed by atoms with E-state index in [0.717, 1.165) is 3.57 Å². The van der Waals surface area contributed by atoms with Crippen molar-refractivity contribution >= 4 is 40.1 Å². The number of piperazine rings is 1. The summed E-state index contributed by atoms with van der Waals surface area (Å²) in [5.74, 6) is -0.0252. The molecule has 0 aromatic heterocycles. The fraction of sp³-hybridized carbons (Fsp3) is 0.562. The molecule has 1 heterocycles. The minimum Gasteiger partial charge on any atom is -0.372 e. The lowest BCUT2D eigenvalue weighted by Crippen LogP contribution is -2.49. The van der Waals surface area contributed by atoms with E-state index in [1.807, 2.05) is 0 Å². The molecule has 9 heteroatoms. The van der Waals surface area contributed by atoms with E-state index in [4.69, 9.17) is 11.6 Å². The molecule has 1 aliphatic rings. The third kappa shape index (κ3) is 6.92. The van der Waals surface area contributed by atoms with Gasteiger partial charge in [0.15, 0.2) is 0 Å². The summed E-state index contributed by atoms with van der Waals surface area (Å²) >= 11 is 8.07. The average molecular weight is 491 g/mol. The van der Waals surface area contributed by atoms with Crippen molar-refractivity contribution in [3.63, 3.8) is 0 Å². The van der Waals surface area contributed by atoms with Crippen LogP contribution in [0.4, 0.5) is 13.2 Å². The number of hydrogen-bond donors (Lipinski definition) is 0. The number of nitrogens with zero attached hydrogens (tertiary/aromatic N) is 2. The van der Waals surface area contributed by atoms with Crippen molar-refractivity contribution < 1.29 is 22.7 Å². The zero-order valence-corrected chi connectivity index (χ0v) is 16.4. The van der Waals surface area contributed by atoms with Gasteiger partial charge in [0.25, 0.3) is 5.91 Å². The molecule has 0 radical (unpaired) electrons. The van der Waals surface area contributed by atoms with Crippen LogP contribution in [0.2, 0.25) is 5.02 Å². The van der Waals surface area contributed by atoms with Crippen molar-refractivity contribution in [2.24, 2.45) is 0 Å². The molecule has 4 nitrogen and oxygen atoms in total. The number of halogens is 5. The molecular weight excluding hydrogens is 472 g/mol. The van der Waals surface area contributed by atoms with E-state index in [-0.39, 0.29) is 12.5 Å². The van der Waals surface area contributed by atoms with Crippen molar-refractivity contribution in [1.82, 2.24) is 9.80 Å². The summed E-state index contributed by atoms with van der Waals surface area (Å²) in [6.45, 7) is 2.16. The van der Waals surface area contributed by atoms with Gasteiger partial charge in [-0.25, -0.2) is 0 Å². The Labute approximate surface area is 163 Å². The Morgan fingerprint density at radius 1 is 1.24 bits per heavy atom. The summed E-state index contributed by atoms with van der Waals surface area (Å²) in [7, 11) is 0. The van der Waals surface area contributed by atoms with Gasteiger partial charge in [-0.05, 0) is 47.2 Å². The number of ether oxygens (including phenoxy) is 1. The second-order valence-electron chi connectivity index (χ2n) is 5.78. The standard InChI is InChI=1S/C16H19ClF3IN2O2/c17-13-3-2-12(10-14(13)21)15(24)23-7-5-22(6-8-23)4-1-9-25-11-16(18,19)20/h2-3,10H,1,4-9,11H2. The highest BCUT2D eigenvalue weighted by Gasteiger charge is 2.27. The number of alkyl halides is 3. The second-order valence-corrected chi connectivity index (χ2v) is 7.35. The maximum Gasteiger partial charge on any atom is 0.411 e. The minimum absolute atomic E-state index is 0.0252. The van der Waals surface area contributed by atoms with E-state index >= 15 is 0 Å². The monoisotopic (exact) mass is 490 g/mol. The SMILES string of the molecule is O=C(c1ccc(Cl)c(I)c1)N1CCN(CCCOCC(F)(F)F)CC1. The Bertz CT molecular complexity index is 593. The molecule has 0 N–H and O–H groups in total. The number of carbonyl (C=O) groups excluding carboxylic acids is 1. The maximum atomic E-state index is 12.5. The molecule has 1 aromatic rings. The van der Waals surface area contributed by atoms with Crippen molar-refractivity contribution in [2.75, 3.05) is 45.9 Å². The Balaban J connectivity index is 1.70. The lowest BCUT2D eigenvalue weighted by atomic mass is 10.2. The van der Waals surface area contributed by atoms with E-state index in [2.05, 4.69) is 32.2 Å². The van der Waals surface area contributed by atoms with Crippen molar-refractivity contribution in [3.8, 4) is 0 Å². The van der Waals surface area contributed by atoms with Crippen LogP contribution in [0.25, 0.3) is 0 Å². The molecule has 1 fully saturated rings. The van der Waals surface area contributed by atoms with E-state index in [1.165, 1.54) is 0 Å². The first-order chi connectivity index (χ1) is 11.8. The third-order valence-electron chi connectivity index (χ3n) is 3.85. The first-order valence-electron chi connectivity index (χ1n) is 7.87. The zero-order chi connectivity index (χ0) is 18.4. The van der Waals surface area contributed by atoms with Crippen LogP contribution in [-0.2, 0) is 4.74 Å². The predicted octanol–water partition coefficient (Wildman–Crippen LogP) is 3.67. The van der Waals surface area contributed by atoms with Gasteiger partial charge in [0.2, 0.25) is 0 Å². The van der Waals surface area contributed by atoms with E-state index in [1.54, 1.807) is 23.1 Å². The molecule has 0 atom stereocenters. The molecule has 1 aliphatic heterocycles. The number of amides is 1. The number of hydrogen-bond acceptors (Lipinski definition) is 3. The minimum atomic E-state index is -4.27. The number of rotatable bonds is 6. The fourth-order valence-electron chi connectivity index (χ4n) is 2.56. The molecule has 0 spiro atoms. The number of benzene rings is 1. The molecule has 0 saturated carbocycles. The molecule has 2 rings (SSSR count). The van der Waals surface area contributed by atoms with Crippen LogP contribution < -0.4 is 0 Å². The van der Waals surface area contributed by atoms with Crippen molar-refractivity contribution in [1.29, 1.82) is 0 Å². The molecule has 1 saturated heterocycles. The van der Waals surface area contributed by atoms with Gasteiger partial charge in [-0.15, -0.1) is 0 Å². The zero-order valence-electron chi connectivity index (χ0n) is 13.5. The van der Waals surface area contributed by atoms with Crippen molar-refractivity contribution in [3.05, 3.63) is 32.4 Å². The summed E-state index contributed by atoms with van der Waals surface area (Å²) < 4.78 is 41.3. The molecule has 0 aliphatic carbocycles. The smallest absolute Gasteiger partial charge is 0.372 e. The van der Waals surface area contributed by atoms with E-state index < -0.39 is 12.8 Å². The van der Waals surface area contributed by atoms with Gasteiger partial charge in [-0.1, -0.05) is 11.6 Å². The van der Waals surface area contributed by atoms with Gasteiger partial charge in [0.1, 0.15) is 6.61 Å². The highest BCUT2D eigenvalue weighted by atomic mass is 127. The molecule has 140 valence electrons. The summed E-state index contributed by atoms with van der Waals surface area (Å²) in [5.41, 5.74) is 0.614. The Kier molecular flexibility index (Phi) is 7.78. The average Bonchev–Trinajstić information content (AvgIpc) is 2.56. The van der Waals surface area contributed by atoms with Crippen LogP contribution in [0.1, 0.15) is 16.8 Å². The van der Waals surface area contributed by atoms with Crippen LogP contribution >= 0.6 is 34.2 Å². The lowest BCUT2D eigenvalue weighted by Gasteiger charge is -2.34. The topological polar surface area (TPSA) is 32.8 Å². The van der Waals surface area contributed by atoms with E-state index in [0.29, 0.717) is 49.7 Å². The molecule has 0 bridgehead atoms. The Hall–Kier alpha value is -0.580. The second kappa shape index (κ2) is 9.38. The largest absolute Gasteiger partial charge is 0.411 e. The van der Waals surface area contributed by atoms with Crippen molar-refractivity contribution in [2.45, 2.75) is 12.6 Å². The van der Waals surface area contributed by atoms with Gasteiger partial charge < -0.3 is 9.64 Å². The lowest BCUT2D eigenvalue weighted by molar-refractivity contribution is -0.174. The van der Waals surface area contributed by atoms with Crippen LogP contribution in [0.3, 0.4) is 0 Å². The first-order valence-corrected chi connectivity index (χ1v) is 9.33. The van der Waals surface area contributed by atoms with Gasteiger partial charge in [0, 0.05) is 48.5 Å². The first kappa shape index (κ1) is 20.7. The normalized spacial score (nSPS) is 16.3. The van der Waals surface area contributed by atoms with Crippen LogP contribution in [0.5, 0.6) is 0 Å². The maximum absolute atomic E-state index is 12.5. The van der Waals surface area contributed by atoms with Gasteiger partial charge in [-0.2, -0.15) is 13.2 Å². The molecule has 25 heavy (non-hydrogen) atoms. The highest BCUT2D eigenvalue weighted by molar-refractivity contribution is 14.1. The fourth-order valence-corrected chi connectivity index (χ4v) is 3.20. The van der Waals surface area contributed by atoms with Crippen LogP contribution in [-0.4, -0.2) is 67.8 Å². The molecule has 0 unspecified atom stereocenters. The van der Waals surface area contributed by atoms with Gasteiger partial charge in [-0.3, -0.25) is 9.69 Å². The summed E-state index contributed by atoms with van der Waals surface area (Å²) in [6, 6.07) is 5.21. The quantitative estimate of drug-likeness (QED) is 0.451. The van der Waals surface area contributed by atoms with Gasteiger partial charge >= 0.3 is 6.18 Å². The Morgan fingerprint density at radius 2 is 1.92 bits per heavy atom. The van der Waals surface area contributed by atoms with Gasteiger partial charge in [0.05, 0.1) is 5.02 Å². The third-order valence-corrected chi connectivity index (χ3v) is 5.40. The molecular formula is C16H19ClF3IN2O2. The summed E-state index contributed by atoms with van der Waals surface area (Å²) in [5, 5.41) is 0.620. The highest BCUT2D eigenvalue weighted by Crippen LogP contribution is 2.20. The van der Waals surface area contributed by atoms with E-state index in [9.17, 15) is 18.0 Å². The molecule has 1 amide bonds. The summed E-state index contributed by atoms with van der Waals surface area (Å²) in [4.78, 5) is 16.4. The predicted molar refractivity (Wildman–Crippen MR) is 98.0 cm³/mol. The Morgan fingerprint density at radius 3 is 2.52 bits per heavy atom. The molecule has 1 aromatic carbocycles. The van der Waals surface area contributed by atoms with Crippen LogP contribution in [0.15, 0.2) is 18.2 Å². The summed E-state index contributed by atoms with van der Waals surface area (Å²) in [6.07, 6.45) is -3.73.